The Bertz CT molecular complexity index is 640. The highest BCUT2D eigenvalue weighted by atomic mass is 16.5. The van der Waals surface area contributed by atoms with Gasteiger partial charge in [-0.05, 0) is 18.6 Å². The number of amides is 4. The maximum Gasteiger partial charge on any atom is 0.333 e. The average molecular weight is 316 g/mol. The summed E-state index contributed by atoms with van der Waals surface area (Å²) < 4.78 is 5.70. The van der Waals surface area contributed by atoms with Gasteiger partial charge in [0.2, 0.25) is 0 Å². The third kappa shape index (κ3) is 3.41. The molecule has 1 aromatic carbocycles. The molecule has 0 aromatic heterocycles. The van der Waals surface area contributed by atoms with Gasteiger partial charge in [0.25, 0.3) is 11.8 Å². The van der Waals surface area contributed by atoms with Crippen molar-refractivity contribution in [2.24, 2.45) is 0 Å². The summed E-state index contributed by atoms with van der Waals surface area (Å²) in [4.78, 5) is 38.0. The van der Waals surface area contributed by atoms with Crippen molar-refractivity contribution >= 4 is 23.9 Å². The molecule has 1 aliphatic rings. The largest absolute Gasteiger partial charge is 0.493 e. The number of likely N-dealkylation sites (N-methyl/N-ethyl adjacent to an activating group) is 2. The quantitative estimate of drug-likeness (QED) is 0.475. The molecular weight excluding hydrogens is 296 g/mol. The molecule has 1 aliphatic heterocycles. The number of hydrogen-bond acceptors (Lipinski definition) is 4. The van der Waals surface area contributed by atoms with Gasteiger partial charge in [0.1, 0.15) is 11.3 Å². The zero-order valence-electron chi connectivity index (χ0n) is 13.5. The Balaban J connectivity index is 2.35. The van der Waals surface area contributed by atoms with Gasteiger partial charge in [-0.25, -0.2) is 4.79 Å². The number of benzene rings is 1. The Hall–Kier alpha value is -2.63. The first-order valence-corrected chi connectivity index (χ1v) is 7.51. The number of hydrogen-bond donors (Lipinski definition) is 0. The van der Waals surface area contributed by atoms with Gasteiger partial charge in [0.05, 0.1) is 6.61 Å². The molecule has 0 atom stereocenters. The molecule has 23 heavy (non-hydrogen) atoms. The average Bonchev–Trinajstić information content (AvgIpc) is 2.56. The minimum Gasteiger partial charge on any atom is -0.493 e. The van der Waals surface area contributed by atoms with Crippen LogP contribution < -0.4 is 4.74 Å². The van der Waals surface area contributed by atoms with Crippen LogP contribution >= 0.6 is 0 Å². The van der Waals surface area contributed by atoms with E-state index in [4.69, 9.17) is 4.74 Å². The molecule has 122 valence electrons. The molecule has 0 N–H and O–H groups in total. The molecule has 1 heterocycles. The number of nitrogens with zero attached hydrogens (tertiary/aromatic N) is 2. The minimum absolute atomic E-state index is 0.0545. The number of carbonyl (C=O) groups is 3. The molecule has 0 radical (unpaired) electrons. The molecule has 0 unspecified atom stereocenters. The van der Waals surface area contributed by atoms with Gasteiger partial charge >= 0.3 is 6.03 Å². The summed E-state index contributed by atoms with van der Waals surface area (Å²) in [5.74, 6) is -0.612. The zero-order valence-corrected chi connectivity index (χ0v) is 13.5. The van der Waals surface area contributed by atoms with Gasteiger partial charge in [0.15, 0.2) is 0 Å². The lowest BCUT2D eigenvalue weighted by molar-refractivity contribution is -0.134. The van der Waals surface area contributed by atoms with E-state index >= 15 is 0 Å². The van der Waals surface area contributed by atoms with E-state index in [-0.39, 0.29) is 5.57 Å². The number of unbranched alkanes of at least 4 members (excludes halogenated alkanes) is 1. The van der Waals surface area contributed by atoms with Crippen molar-refractivity contribution in [3.8, 4) is 5.75 Å². The highest BCUT2D eigenvalue weighted by Crippen LogP contribution is 2.24. The maximum atomic E-state index is 12.2. The van der Waals surface area contributed by atoms with Crippen molar-refractivity contribution in [2.45, 2.75) is 19.8 Å². The smallest absolute Gasteiger partial charge is 0.333 e. The number of barbiturate groups is 1. The van der Waals surface area contributed by atoms with Crippen LogP contribution in [0.15, 0.2) is 29.8 Å². The van der Waals surface area contributed by atoms with Crippen LogP contribution in [-0.4, -0.2) is 48.3 Å². The predicted molar refractivity (Wildman–Crippen MR) is 85.8 cm³/mol. The maximum absolute atomic E-state index is 12.2. The Morgan fingerprint density at radius 2 is 1.65 bits per heavy atom. The molecule has 0 saturated carbocycles. The van der Waals surface area contributed by atoms with Gasteiger partial charge in [-0.2, -0.15) is 0 Å². The normalized spacial score (nSPS) is 15.3. The fraction of sp³-hybridized carbons (Fsp3) is 0.353. The zero-order chi connectivity index (χ0) is 17.0. The predicted octanol–water partition coefficient (Wildman–Crippen LogP) is 2.30. The molecule has 6 heteroatoms. The Kier molecular flexibility index (Phi) is 5.16. The lowest BCUT2D eigenvalue weighted by Crippen LogP contribution is -2.52. The summed E-state index contributed by atoms with van der Waals surface area (Å²) in [7, 11) is 2.70. The van der Waals surface area contributed by atoms with Crippen LogP contribution in [0.25, 0.3) is 6.08 Å². The number of ether oxygens (including phenoxy) is 1. The standard InChI is InChI=1S/C17H20N2O4/c1-4-5-10-23-14-9-7-6-8-12(14)11-13-15(20)18(2)17(22)19(3)16(13)21/h6-9,11H,4-5,10H2,1-3H3. The molecule has 0 spiro atoms. The highest BCUT2D eigenvalue weighted by molar-refractivity contribution is 6.30. The summed E-state index contributed by atoms with van der Waals surface area (Å²) in [6, 6.07) is 6.55. The van der Waals surface area contributed by atoms with Crippen molar-refractivity contribution in [3.05, 3.63) is 35.4 Å². The summed E-state index contributed by atoms with van der Waals surface area (Å²) in [6.45, 7) is 2.64. The lowest BCUT2D eigenvalue weighted by atomic mass is 10.1. The van der Waals surface area contributed by atoms with Gasteiger partial charge in [0, 0.05) is 19.7 Å². The first-order valence-electron chi connectivity index (χ1n) is 7.51. The third-order valence-corrected chi connectivity index (χ3v) is 3.62. The number of rotatable bonds is 5. The molecule has 6 nitrogen and oxygen atoms in total. The Morgan fingerprint density at radius 3 is 2.26 bits per heavy atom. The highest BCUT2D eigenvalue weighted by Gasteiger charge is 2.37. The molecule has 2 rings (SSSR count). The minimum atomic E-state index is -0.635. The lowest BCUT2D eigenvalue weighted by Gasteiger charge is -2.29. The van der Waals surface area contributed by atoms with E-state index in [1.807, 2.05) is 6.07 Å². The first-order chi connectivity index (χ1) is 11.0. The van der Waals surface area contributed by atoms with E-state index in [2.05, 4.69) is 6.92 Å². The summed E-state index contributed by atoms with van der Waals surface area (Å²) in [5, 5.41) is 0. The van der Waals surface area contributed by atoms with Gasteiger partial charge in [-0.15, -0.1) is 0 Å². The molecule has 0 aliphatic carbocycles. The van der Waals surface area contributed by atoms with E-state index < -0.39 is 17.8 Å². The van der Waals surface area contributed by atoms with Crippen LogP contribution in [0.4, 0.5) is 4.79 Å². The van der Waals surface area contributed by atoms with Crippen molar-refractivity contribution < 1.29 is 19.1 Å². The van der Waals surface area contributed by atoms with E-state index in [1.54, 1.807) is 18.2 Å². The number of imide groups is 2. The number of urea groups is 1. The van der Waals surface area contributed by atoms with Crippen molar-refractivity contribution in [1.82, 2.24) is 9.80 Å². The van der Waals surface area contributed by atoms with E-state index in [0.29, 0.717) is 17.9 Å². The fourth-order valence-electron chi connectivity index (χ4n) is 2.19. The van der Waals surface area contributed by atoms with Crippen molar-refractivity contribution in [2.75, 3.05) is 20.7 Å². The van der Waals surface area contributed by atoms with E-state index in [9.17, 15) is 14.4 Å². The number of para-hydroxylation sites is 1. The molecule has 1 fully saturated rings. The van der Waals surface area contributed by atoms with Crippen molar-refractivity contribution in [1.29, 1.82) is 0 Å². The Labute approximate surface area is 135 Å². The van der Waals surface area contributed by atoms with Gasteiger partial charge in [-0.3, -0.25) is 19.4 Å². The SMILES string of the molecule is CCCCOc1ccccc1C=C1C(=O)N(C)C(=O)N(C)C1=O. The molecular formula is C17H20N2O4. The van der Waals surface area contributed by atoms with Crippen molar-refractivity contribution in [3.63, 3.8) is 0 Å². The molecule has 1 aromatic rings. The van der Waals surface area contributed by atoms with Crippen LogP contribution in [0.2, 0.25) is 0 Å². The number of carbonyl (C=O) groups excluding carboxylic acids is 3. The van der Waals surface area contributed by atoms with Gasteiger partial charge < -0.3 is 4.74 Å². The van der Waals surface area contributed by atoms with Crippen LogP contribution in [0, 0.1) is 0 Å². The molecule has 4 amide bonds. The van der Waals surface area contributed by atoms with E-state index in [0.717, 1.165) is 22.6 Å². The van der Waals surface area contributed by atoms with Gasteiger partial charge in [-0.1, -0.05) is 31.5 Å². The van der Waals surface area contributed by atoms with Crippen LogP contribution in [0.5, 0.6) is 5.75 Å². The van der Waals surface area contributed by atoms with Crippen LogP contribution in [0.1, 0.15) is 25.3 Å². The molecule has 0 bridgehead atoms. The third-order valence-electron chi connectivity index (χ3n) is 3.62. The second-order valence-electron chi connectivity index (χ2n) is 5.31. The van der Waals surface area contributed by atoms with E-state index in [1.165, 1.54) is 20.2 Å². The Morgan fingerprint density at radius 1 is 1.04 bits per heavy atom. The summed E-state index contributed by atoms with van der Waals surface area (Å²) >= 11 is 0. The summed E-state index contributed by atoms with van der Waals surface area (Å²) in [5.41, 5.74) is 0.581. The van der Waals surface area contributed by atoms with Crippen LogP contribution in [0.3, 0.4) is 0 Å². The summed E-state index contributed by atoms with van der Waals surface area (Å²) in [6.07, 6.45) is 3.41. The molecule has 1 saturated heterocycles. The fourth-order valence-corrected chi connectivity index (χ4v) is 2.19. The second-order valence-corrected chi connectivity index (χ2v) is 5.31. The van der Waals surface area contributed by atoms with Crippen LogP contribution in [-0.2, 0) is 9.59 Å². The topological polar surface area (TPSA) is 66.9 Å². The monoisotopic (exact) mass is 316 g/mol. The second kappa shape index (κ2) is 7.09. The first kappa shape index (κ1) is 16.7.